The zero-order chi connectivity index (χ0) is 27.9. The van der Waals surface area contributed by atoms with Crippen LogP contribution in [-0.4, -0.2) is 31.0 Å². The largest absolute Gasteiger partial charge is 0.507 e. The van der Waals surface area contributed by atoms with Crippen molar-refractivity contribution in [1.29, 1.82) is 0 Å². The maximum atomic E-state index is 13.7. The summed E-state index contributed by atoms with van der Waals surface area (Å²) in [5.41, 5.74) is -1.89. The summed E-state index contributed by atoms with van der Waals surface area (Å²) in [7, 11) is 2.52. The van der Waals surface area contributed by atoms with Gasteiger partial charge >= 0.3 is 6.18 Å². The van der Waals surface area contributed by atoms with Crippen molar-refractivity contribution < 1.29 is 41.7 Å². The zero-order valence-corrected chi connectivity index (χ0v) is 21.1. The highest BCUT2D eigenvalue weighted by molar-refractivity contribution is 6.52. The second-order valence-corrected chi connectivity index (χ2v) is 8.84. The molecule has 4 rings (SSSR count). The van der Waals surface area contributed by atoms with E-state index in [0.717, 1.165) is 29.2 Å². The third kappa shape index (κ3) is 4.65. The first-order valence-corrected chi connectivity index (χ1v) is 11.5. The zero-order valence-electron chi connectivity index (χ0n) is 19.6. The maximum Gasteiger partial charge on any atom is 0.416 e. The normalized spacial score (nSPS) is 17.2. The van der Waals surface area contributed by atoms with Crippen molar-refractivity contribution in [2.24, 2.45) is 0 Å². The molecule has 1 fully saturated rings. The lowest BCUT2D eigenvalue weighted by Gasteiger charge is -2.26. The summed E-state index contributed by atoms with van der Waals surface area (Å²) in [6.45, 7) is 0. The number of alkyl halides is 3. The van der Waals surface area contributed by atoms with E-state index in [1.165, 1.54) is 38.5 Å². The van der Waals surface area contributed by atoms with E-state index >= 15 is 0 Å². The molecule has 1 unspecified atom stereocenters. The topological polar surface area (TPSA) is 76.1 Å². The standard InChI is InChI=1S/C26H17Cl2F4NO5/c1-37-23-16(11-17(27)24(38-2)19(23)28)21(34)18-20(12-6-8-14(29)9-7-12)33(25(36)22(18)35)15-5-3-4-13(10-15)26(30,31)32/h3-11,20,34H,1-2H3/b21-18+. The second-order valence-electron chi connectivity index (χ2n) is 8.06. The molecule has 1 atom stereocenters. The Morgan fingerprint density at radius 3 is 2.18 bits per heavy atom. The number of Topliss-reactive ketones (excluding diaryl/α,β-unsaturated/α-hetero) is 1. The molecule has 198 valence electrons. The number of aliphatic hydroxyl groups excluding tert-OH is 1. The average Bonchev–Trinajstić information content (AvgIpc) is 3.14. The van der Waals surface area contributed by atoms with Crippen LogP contribution < -0.4 is 14.4 Å². The molecule has 1 aliphatic heterocycles. The van der Waals surface area contributed by atoms with Crippen LogP contribution in [0.1, 0.15) is 22.7 Å². The molecule has 0 saturated carbocycles. The predicted molar refractivity (Wildman–Crippen MR) is 132 cm³/mol. The first kappa shape index (κ1) is 27.3. The second kappa shape index (κ2) is 10.2. The molecule has 1 amide bonds. The van der Waals surface area contributed by atoms with E-state index in [4.69, 9.17) is 32.7 Å². The molecular formula is C26H17Cl2F4NO5. The van der Waals surface area contributed by atoms with Gasteiger partial charge in [-0.15, -0.1) is 0 Å². The molecule has 0 spiro atoms. The Bertz CT molecular complexity index is 1470. The molecule has 12 heteroatoms. The van der Waals surface area contributed by atoms with Gasteiger partial charge in [0.15, 0.2) is 11.5 Å². The Morgan fingerprint density at radius 1 is 0.974 bits per heavy atom. The highest BCUT2D eigenvalue weighted by Crippen LogP contribution is 2.48. The smallest absolute Gasteiger partial charge is 0.416 e. The summed E-state index contributed by atoms with van der Waals surface area (Å²) < 4.78 is 64.4. The van der Waals surface area contributed by atoms with E-state index in [1.54, 1.807) is 0 Å². The summed E-state index contributed by atoms with van der Waals surface area (Å²) in [4.78, 5) is 27.3. The van der Waals surface area contributed by atoms with Gasteiger partial charge in [0.1, 0.15) is 16.6 Å². The van der Waals surface area contributed by atoms with Gasteiger partial charge in [-0.05, 0) is 42.0 Å². The van der Waals surface area contributed by atoms with Crippen LogP contribution in [0.2, 0.25) is 10.0 Å². The van der Waals surface area contributed by atoms with Crippen molar-refractivity contribution in [2.75, 3.05) is 19.1 Å². The molecule has 6 nitrogen and oxygen atoms in total. The molecular weight excluding hydrogens is 553 g/mol. The van der Waals surface area contributed by atoms with E-state index in [0.29, 0.717) is 6.07 Å². The van der Waals surface area contributed by atoms with Gasteiger partial charge in [-0.2, -0.15) is 13.2 Å². The Morgan fingerprint density at radius 2 is 1.61 bits per heavy atom. The number of nitrogens with zero attached hydrogens (tertiary/aromatic N) is 1. The summed E-state index contributed by atoms with van der Waals surface area (Å²) in [5, 5.41) is 11.1. The average molecular weight is 570 g/mol. The number of halogens is 6. The fourth-order valence-electron chi connectivity index (χ4n) is 4.18. The fraction of sp³-hybridized carbons (Fsp3) is 0.154. The van der Waals surface area contributed by atoms with E-state index in [1.807, 2.05) is 0 Å². The van der Waals surface area contributed by atoms with E-state index in [-0.39, 0.29) is 38.4 Å². The van der Waals surface area contributed by atoms with Crippen molar-refractivity contribution >= 4 is 46.3 Å². The number of carbonyl (C=O) groups excluding carboxylic acids is 2. The number of benzene rings is 3. The van der Waals surface area contributed by atoms with E-state index < -0.39 is 46.6 Å². The Kier molecular flexibility index (Phi) is 7.31. The Balaban J connectivity index is 2.02. The van der Waals surface area contributed by atoms with E-state index in [9.17, 15) is 32.3 Å². The van der Waals surface area contributed by atoms with Crippen molar-refractivity contribution in [3.8, 4) is 11.5 Å². The predicted octanol–water partition coefficient (Wildman–Crippen LogP) is 6.79. The van der Waals surface area contributed by atoms with Gasteiger partial charge in [0, 0.05) is 5.69 Å². The Hall–Kier alpha value is -3.76. The molecule has 1 aliphatic rings. The maximum absolute atomic E-state index is 13.7. The van der Waals surface area contributed by atoms with Crippen LogP contribution in [0, 0.1) is 5.82 Å². The lowest BCUT2D eigenvalue weighted by atomic mass is 9.94. The third-order valence-corrected chi connectivity index (χ3v) is 6.50. The fourth-order valence-corrected chi connectivity index (χ4v) is 4.87. The minimum absolute atomic E-state index is 0.0150. The van der Waals surface area contributed by atoms with Gasteiger partial charge in [0.25, 0.3) is 11.7 Å². The highest BCUT2D eigenvalue weighted by atomic mass is 35.5. The van der Waals surface area contributed by atoms with Crippen LogP contribution in [0.25, 0.3) is 5.76 Å². The minimum Gasteiger partial charge on any atom is -0.507 e. The molecule has 1 saturated heterocycles. The third-order valence-electron chi connectivity index (χ3n) is 5.88. The summed E-state index contributed by atoms with van der Waals surface area (Å²) in [6, 6.07) is 8.11. The van der Waals surface area contributed by atoms with Crippen LogP contribution in [0.4, 0.5) is 23.2 Å². The number of anilines is 1. The number of ether oxygens (including phenoxy) is 2. The van der Waals surface area contributed by atoms with Gasteiger partial charge in [-0.25, -0.2) is 4.39 Å². The van der Waals surface area contributed by atoms with Gasteiger partial charge in [-0.3, -0.25) is 14.5 Å². The lowest BCUT2D eigenvalue weighted by molar-refractivity contribution is -0.137. The van der Waals surface area contributed by atoms with Crippen LogP contribution in [0.3, 0.4) is 0 Å². The number of aliphatic hydroxyl groups is 1. The summed E-state index contributed by atoms with van der Waals surface area (Å²) in [6.07, 6.45) is -4.74. The quantitative estimate of drug-likeness (QED) is 0.158. The van der Waals surface area contributed by atoms with E-state index in [2.05, 4.69) is 0 Å². The van der Waals surface area contributed by atoms with Gasteiger partial charge < -0.3 is 14.6 Å². The summed E-state index contributed by atoms with van der Waals surface area (Å²) >= 11 is 12.5. The van der Waals surface area contributed by atoms with Crippen LogP contribution >= 0.6 is 23.2 Å². The summed E-state index contributed by atoms with van der Waals surface area (Å²) in [5.74, 6) is -3.96. The number of amides is 1. The molecule has 0 radical (unpaired) electrons. The molecule has 1 N–H and O–H groups in total. The van der Waals surface area contributed by atoms with Crippen LogP contribution in [0.5, 0.6) is 11.5 Å². The van der Waals surface area contributed by atoms with Crippen molar-refractivity contribution in [3.05, 3.63) is 92.7 Å². The molecule has 3 aromatic carbocycles. The van der Waals surface area contributed by atoms with Crippen molar-refractivity contribution in [1.82, 2.24) is 0 Å². The first-order valence-electron chi connectivity index (χ1n) is 10.7. The Labute approximate surface area is 223 Å². The number of hydrogen-bond acceptors (Lipinski definition) is 5. The van der Waals surface area contributed by atoms with Gasteiger partial charge in [0.05, 0.1) is 42.0 Å². The number of hydrogen-bond donors (Lipinski definition) is 1. The molecule has 0 aliphatic carbocycles. The number of rotatable bonds is 5. The number of carbonyl (C=O) groups is 2. The van der Waals surface area contributed by atoms with Gasteiger partial charge in [-0.1, -0.05) is 41.4 Å². The molecule has 3 aromatic rings. The van der Waals surface area contributed by atoms with Crippen molar-refractivity contribution in [2.45, 2.75) is 12.2 Å². The molecule has 0 aromatic heterocycles. The number of ketones is 1. The molecule has 38 heavy (non-hydrogen) atoms. The monoisotopic (exact) mass is 569 g/mol. The minimum atomic E-state index is -4.74. The number of methoxy groups -OCH3 is 2. The van der Waals surface area contributed by atoms with Crippen LogP contribution in [-0.2, 0) is 15.8 Å². The van der Waals surface area contributed by atoms with Crippen LogP contribution in [0.15, 0.2) is 60.2 Å². The first-order chi connectivity index (χ1) is 17.9. The lowest BCUT2D eigenvalue weighted by Crippen LogP contribution is -2.29. The molecule has 0 bridgehead atoms. The SMILES string of the molecule is COc1c(Cl)cc(/C(O)=C2\C(=O)C(=O)N(c3cccc(C(F)(F)F)c3)C2c2ccc(F)cc2)c(OC)c1Cl. The molecule has 1 heterocycles. The van der Waals surface area contributed by atoms with Gasteiger partial charge in [0.2, 0.25) is 0 Å². The highest BCUT2D eigenvalue weighted by Gasteiger charge is 2.48. The van der Waals surface area contributed by atoms with Crippen molar-refractivity contribution in [3.63, 3.8) is 0 Å².